The second-order valence-corrected chi connectivity index (χ2v) is 9.75. The van der Waals surface area contributed by atoms with Crippen LogP contribution in [0, 0.1) is 5.82 Å². The lowest BCUT2D eigenvalue weighted by molar-refractivity contribution is -0.141. The van der Waals surface area contributed by atoms with Crippen molar-refractivity contribution in [2.45, 2.75) is 44.4 Å². The maximum Gasteiger partial charge on any atom is 0.433 e. The zero-order valence-electron chi connectivity index (χ0n) is 18.2. The summed E-state index contributed by atoms with van der Waals surface area (Å²) >= 11 is 0. The zero-order valence-corrected chi connectivity index (χ0v) is 19.1. The molecular formula is C22H24F4N4O3S. The number of pyridine rings is 1. The van der Waals surface area contributed by atoms with Crippen LogP contribution in [-0.2, 0) is 27.5 Å². The van der Waals surface area contributed by atoms with Crippen LogP contribution >= 0.6 is 0 Å². The molecule has 2 aromatic rings. The monoisotopic (exact) mass is 500 g/mol. The fraction of sp³-hybridized carbons (Fsp3) is 0.364. The highest BCUT2D eigenvalue weighted by molar-refractivity contribution is 7.92. The maximum atomic E-state index is 14.1. The van der Waals surface area contributed by atoms with Crippen molar-refractivity contribution >= 4 is 33.5 Å². The summed E-state index contributed by atoms with van der Waals surface area (Å²) < 4.78 is 77.8. The van der Waals surface area contributed by atoms with Crippen LogP contribution in [0.1, 0.15) is 42.5 Å². The predicted octanol–water partition coefficient (Wildman–Crippen LogP) is 4.30. The Morgan fingerprint density at radius 1 is 1.18 bits per heavy atom. The lowest BCUT2D eigenvalue weighted by Gasteiger charge is -2.16. The fourth-order valence-corrected chi connectivity index (χ4v) is 4.07. The molecule has 12 heteroatoms. The third kappa shape index (κ3) is 7.44. The van der Waals surface area contributed by atoms with Gasteiger partial charge in [-0.05, 0) is 48.7 Å². The van der Waals surface area contributed by atoms with Crippen LogP contribution in [0.2, 0.25) is 0 Å². The molecule has 1 aliphatic carbocycles. The molecule has 34 heavy (non-hydrogen) atoms. The Balaban J connectivity index is 1.67. The number of alkyl halides is 3. The summed E-state index contributed by atoms with van der Waals surface area (Å²) in [5.41, 5.74) is -0.518. The molecule has 1 amide bonds. The van der Waals surface area contributed by atoms with E-state index >= 15 is 0 Å². The summed E-state index contributed by atoms with van der Waals surface area (Å²) in [4.78, 5) is 15.9. The number of nitrogens with zero attached hydrogens (tertiary/aromatic N) is 1. The first-order valence-electron chi connectivity index (χ1n) is 10.5. The molecule has 1 heterocycles. The predicted molar refractivity (Wildman–Crippen MR) is 121 cm³/mol. The average molecular weight is 501 g/mol. The fourth-order valence-electron chi connectivity index (χ4n) is 3.51. The van der Waals surface area contributed by atoms with Crippen LogP contribution in [0.15, 0.2) is 36.4 Å². The average Bonchev–Trinajstić information content (AvgIpc) is 3.24. The Bertz CT molecular complexity index is 1180. The summed E-state index contributed by atoms with van der Waals surface area (Å²) in [5, 5.41) is 5.59. The number of hydrogen-bond donors (Lipinski definition) is 3. The van der Waals surface area contributed by atoms with Crippen molar-refractivity contribution in [1.82, 2.24) is 10.3 Å². The van der Waals surface area contributed by atoms with Crippen LogP contribution in [-0.4, -0.2) is 31.6 Å². The van der Waals surface area contributed by atoms with Gasteiger partial charge in [0.05, 0.1) is 11.9 Å². The Morgan fingerprint density at radius 3 is 2.50 bits per heavy atom. The number of amides is 1. The van der Waals surface area contributed by atoms with E-state index in [0.29, 0.717) is 11.1 Å². The zero-order chi connectivity index (χ0) is 24.9. The number of sulfonamides is 1. The van der Waals surface area contributed by atoms with Gasteiger partial charge >= 0.3 is 6.18 Å². The second kappa shape index (κ2) is 10.4. The molecule has 3 N–H and O–H groups in total. The number of nitrogens with one attached hydrogen (secondary N) is 3. The molecule has 1 fully saturated rings. The van der Waals surface area contributed by atoms with Crippen LogP contribution < -0.4 is 15.4 Å². The Labute approximate surface area is 194 Å². The van der Waals surface area contributed by atoms with E-state index < -0.39 is 33.6 Å². The Hall–Kier alpha value is -3.15. The van der Waals surface area contributed by atoms with Crippen LogP contribution in [0.3, 0.4) is 0 Å². The van der Waals surface area contributed by atoms with E-state index in [-0.39, 0.29) is 24.1 Å². The van der Waals surface area contributed by atoms with Crippen molar-refractivity contribution in [3.8, 4) is 0 Å². The van der Waals surface area contributed by atoms with Gasteiger partial charge in [-0.2, -0.15) is 13.2 Å². The van der Waals surface area contributed by atoms with Crippen LogP contribution in [0.25, 0.3) is 6.08 Å². The summed E-state index contributed by atoms with van der Waals surface area (Å²) in [7, 11) is -3.64. The maximum absolute atomic E-state index is 14.1. The molecule has 1 aliphatic rings. The van der Waals surface area contributed by atoms with Crippen molar-refractivity contribution in [3.05, 3.63) is 59.0 Å². The van der Waals surface area contributed by atoms with E-state index in [1.54, 1.807) is 0 Å². The lowest BCUT2D eigenvalue weighted by atomic mass is 10.1. The van der Waals surface area contributed by atoms with Crippen molar-refractivity contribution in [2.75, 3.05) is 16.3 Å². The van der Waals surface area contributed by atoms with Gasteiger partial charge in [-0.1, -0.05) is 18.9 Å². The van der Waals surface area contributed by atoms with Gasteiger partial charge in [-0.3, -0.25) is 9.52 Å². The van der Waals surface area contributed by atoms with Gasteiger partial charge in [-0.25, -0.2) is 17.8 Å². The van der Waals surface area contributed by atoms with E-state index in [0.717, 1.165) is 50.1 Å². The third-order valence-electron chi connectivity index (χ3n) is 5.12. The molecule has 0 saturated heterocycles. The van der Waals surface area contributed by atoms with Gasteiger partial charge in [0, 0.05) is 24.2 Å². The van der Waals surface area contributed by atoms with E-state index in [1.807, 2.05) is 4.72 Å². The number of carbonyl (C=O) groups excluding carboxylic acids is 1. The first-order chi connectivity index (χ1) is 15.9. The standard InChI is InChI=1S/C22H24F4N4O3S/c1-34(32,33)30-18-9-6-14(12-17(18)23)13-27-20(31)11-8-15-7-10-19(22(24,25)26)29-21(15)28-16-4-2-3-5-16/h6-12,16,30H,2-5,13H2,1H3,(H,27,31)(H,28,29). The van der Waals surface area contributed by atoms with Crippen molar-refractivity contribution in [3.63, 3.8) is 0 Å². The summed E-state index contributed by atoms with van der Waals surface area (Å²) in [5.74, 6) is -1.29. The van der Waals surface area contributed by atoms with E-state index in [9.17, 15) is 30.8 Å². The van der Waals surface area contributed by atoms with Gasteiger partial charge in [0.2, 0.25) is 15.9 Å². The first kappa shape index (κ1) is 25.5. The minimum Gasteiger partial charge on any atom is -0.367 e. The summed E-state index contributed by atoms with van der Waals surface area (Å²) in [6, 6.07) is 5.89. The number of benzene rings is 1. The number of aromatic nitrogens is 1. The SMILES string of the molecule is CS(=O)(=O)Nc1ccc(CNC(=O)C=Cc2ccc(C(F)(F)F)nc2NC2CCCC2)cc1F. The molecule has 0 aliphatic heterocycles. The lowest BCUT2D eigenvalue weighted by Crippen LogP contribution is -2.21. The van der Waals surface area contributed by atoms with Gasteiger partial charge in [0.15, 0.2) is 0 Å². The van der Waals surface area contributed by atoms with Crippen molar-refractivity contribution < 1.29 is 30.8 Å². The van der Waals surface area contributed by atoms with Crippen molar-refractivity contribution in [1.29, 1.82) is 0 Å². The van der Waals surface area contributed by atoms with Gasteiger partial charge in [0.25, 0.3) is 0 Å². The van der Waals surface area contributed by atoms with Gasteiger partial charge in [0.1, 0.15) is 17.3 Å². The number of halogens is 4. The van der Waals surface area contributed by atoms with Crippen LogP contribution in [0.4, 0.5) is 29.1 Å². The highest BCUT2D eigenvalue weighted by Gasteiger charge is 2.33. The smallest absolute Gasteiger partial charge is 0.367 e. The molecule has 0 bridgehead atoms. The minimum atomic E-state index is -4.59. The summed E-state index contributed by atoms with van der Waals surface area (Å²) in [6.07, 6.45) is 2.44. The molecule has 0 spiro atoms. The normalized spacial score (nSPS) is 15.0. The molecule has 0 unspecified atom stereocenters. The molecule has 7 nitrogen and oxygen atoms in total. The van der Waals surface area contributed by atoms with Crippen molar-refractivity contribution in [2.24, 2.45) is 0 Å². The Kier molecular flexibility index (Phi) is 7.80. The first-order valence-corrected chi connectivity index (χ1v) is 12.4. The van der Waals surface area contributed by atoms with Crippen LogP contribution in [0.5, 0.6) is 0 Å². The Morgan fingerprint density at radius 2 is 1.88 bits per heavy atom. The molecule has 0 radical (unpaired) electrons. The molecular weight excluding hydrogens is 476 g/mol. The number of hydrogen-bond acceptors (Lipinski definition) is 5. The molecule has 0 atom stereocenters. The van der Waals surface area contributed by atoms with E-state index in [4.69, 9.17) is 0 Å². The number of carbonyl (C=O) groups is 1. The molecule has 1 aromatic carbocycles. The highest BCUT2D eigenvalue weighted by Crippen LogP contribution is 2.31. The van der Waals surface area contributed by atoms with Gasteiger partial charge in [-0.15, -0.1) is 0 Å². The molecule has 1 aromatic heterocycles. The van der Waals surface area contributed by atoms with E-state index in [1.165, 1.54) is 24.3 Å². The number of anilines is 2. The summed E-state index contributed by atoms with van der Waals surface area (Å²) in [6.45, 7) is -0.0440. The second-order valence-electron chi connectivity index (χ2n) is 8.00. The van der Waals surface area contributed by atoms with E-state index in [2.05, 4.69) is 15.6 Å². The molecule has 3 rings (SSSR count). The quantitative estimate of drug-likeness (QED) is 0.371. The number of rotatable bonds is 8. The topological polar surface area (TPSA) is 100 Å². The van der Waals surface area contributed by atoms with Gasteiger partial charge < -0.3 is 10.6 Å². The minimum absolute atomic E-state index is 0.0204. The molecule has 184 valence electrons. The molecule has 1 saturated carbocycles. The highest BCUT2D eigenvalue weighted by atomic mass is 32.2. The third-order valence-corrected chi connectivity index (χ3v) is 5.71. The largest absolute Gasteiger partial charge is 0.433 e.